The number of anilines is 1. The van der Waals surface area contributed by atoms with Crippen LogP contribution in [0.15, 0.2) is 54.6 Å². The first-order chi connectivity index (χ1) is 14.1. The summed E-state index contributed by atoms with van der Waals surface area (Å²) >= 11 is 0. The van der Waals surface area contributed by atoms with Crippen LogP contribution in [0.4, 0.5) is 10.1 Å². The Labute approximate surface area is 170 Å². The molecule has 2 heterocycles. The summed E-state index contributed by atoms with van der Waals surface area (Å²) in [6.45, 7) is 1.65. The van der Waals surface area contributed by atoms with Gasteiger partial charge in [0.25, 0.3) is 5.91 Å². The Morgan fingerprint density at radius 3 is 2.69 bits per heavy atom. The Balaban J connectivity index is 1.53. The maximum atomic E-state index is 13.5. The predicted octanol–water partition coefficient (Wildman–Crippen LogP) is 3.18. The van der Waals surface area contributed by atoms with E-state index in [1.165, 1.54) is 12.1 Å². The number of halogens is 1. The minimum absolute atomic E-state index is 0.0792. The number of para-hydroxylation sites is 1. The third-order valence-electron chi connectivity index (χ3n) is 5.70. The molecule has 0 saturated carbocycles. The smallest absolute Gasteiger partial charge is 0.261 e. The number of nitrogens with zero attached hydrogens (tertiary/aromatic N) is 2. The van der Waals surface area contributed by atoms with Gasteiger partial charge in [0, 0.05) is 18.8 Å². The first-order valence-corrected chi connectivity index (χ1v) is 10.1. The molecule has 0 bridgehead atoms. The second-order valence-electron chi connectivity index (χ2n) is 7.71. The minimum atomic E-state index is -1.01. The van der Waals surface area contributed by atoms with Gasteiger partial charge < -0.3 is 14.5 Å². The summed E-state index contributed by atoms with van der Waals surface area (Å²) < 4.78 is 19.5. The van der Waals surface area contributed by atoms with Crippen molar-refractivity contribution >= 4 is 17.5 Å². The van der Waals surface area contributed by atoms with Crippen LogP contribution in [-0.4, -0.2) is 48.6 Å². The molecule has 152 valence electrons. The molecule has 5 nitrogen and oxygen atoms in total. The largest absolute Gasteiger partial charge is 0.361 e. The van der Waals surface area contributed by atoms with E-state index >= 15 is 0 Å². The Hall–Kier alpha value is -2.73. The van der Waals surface area contributed by atoms with Crippen molar-refractivity contribution in [2.45, 2.75) is 31.3 Å². The molecule has 2 saturated heterocycles. The molecule has 1 atom stereocenters. The molecule has 4 rings (SSSR count). The molecule has 29 heavy (non-hydrogen) atoms. The van der Waals surface area contributed by atoms with Gasteiger partial charge in [-0.3, -0.25) is 9.59 Å². The highest BCUT2D eigenvalue weighted by Crippen LogP contribution is 2.32. The number of ether oxygens (including phenoxy) is 1. The van der Waals surface area contributed by atoms with Crippen LogP contribution in [0.5, 0.6) is 0 Å². The summed E-state index contributed by atoms with van der Waals surface area (Å²) in [6.07, 6.45) is 2.47. The molecule has 0 aromatic heterocycles. The molecule has 1 spiro atoms. The summed E-state index contributed by atoms with van der Waals surface area (Å²) in [6, 6.07) is 15.7. The lowest BCUT2D eigenvalue weighted by Crippen LogP contribution is -2.61. The van der Waals surface area contributed by atoms with Gasteiger partial charge in [-0.05, 0) is 49.1 Å². The van der Waals surface area contributed by atoms with Crippen LogP contribution < -0.4 is 4.90 Å². The van der Waals surface area contributed by atoms with Gasteiger partial charge in [0.2, 0.25) is 5.91 Å². The van der Waals surface area contributed by atoms with Crippen molar-refractivity contribution < 1.29 is 18.7 Å². The van der Waals surface area contributed by atoms with E-state index in [0.717, 1.165) is 18.5 Å². The monoisotopic (exact) mass is 396 g/mol. The van der Waals surface area contributed by atoms with E-state index in [1.807, 2.05) is 30.3 Å². The molecule has 2 aromatic rings. The number of morpholine rings is 1. The highest BCUT2D eigenvalue weighted by molar-refractivity contribution is 6.00. The number of rotatable bonds is 3. The first kappa shape index (κ1) is 19.6. The van der Waals surface area contributed by atoms with Crippen molar-refractivity contribution in [3.63, 3.8) is 0 Å². The van der Waals surface area contributed by atoms with E-state index in [0.29, 0.717) is 31.7 Å². The zero-order valence-corrected chi connectivity index (χ0v) is 16.4. The number of carbonyl (C=O) groups excluding carboxylic acids is 2. The average Bonchev–Trinajstić information content (AvgIpc) is 2.88. The maximum absolute atomic E-state index is 13.5. The highest BCUT2D eigenvalue weighted by atomic mass is 19.1. The molecule has 2 amide bonds. The topological polar surface area (TPSA) is 49.9 Å². The van der Waals surface area contributed by atoms with Crippen molar-refractivity contribution in [3.05, 3.63) is 66.0 Å². The fourth-order valence-electron chi connectivity index (χ4n) is 4.20. The number of hydrogen-bond acceptors (Lipinski definition) is 3. The van der Waals surface area contributed by atoms with Crippen molar-refractivity contribution in [3.8, 4) is 0 Å². The SMILES string of the molecule is O=C(Cc1cccc(F)c1)N1CCOC2(CCCCN(c3ccccc3)C2=O)C1. The highest BCUT2D eigenvalue weighted by Gasteiger charge is 2.48. The second kappa shape index (κ2) is 8.33. The molecule has 0 N–H and O–H groups in total. The summed E-state index contributed by atoms with van der Waals surface area (Å²) in [5.41, 5.74) is 0.474. The summed E-state index contributed by atoms with van der Waals surface area (Å²) in [5, 5.41) is 0. The van der Waals surface area contributed by atoms with E-state index < -0.39 is 5.60 Å². The van der Waals surface area contributed by atoms with Crippen LogP contribution >= 0.6 is 0 Å². The predicted molar refractivity (Wildman–Crippen MR) is 108 cm³/mol. The lowest BCUT2D eigenvalue weighted by molar-refractivity contribution is -0.164. The van der Waals surface area contributed by atoms with Crippen LogP contribution in [0.2, 0.25) is 0 Å². The molecule has 0 radical (unpaired) electrons. The summed E-state index contributed by atoms with van der Waals surface area (Å²) in [4.78, 5) is 29.9. The van der Waals surface area contributed by atoms with E-state index in [-0.39, 0.29) is 30.6 Å². The standard InChI is InChI=1S/C23H25FN2O3/c24-19-8-6-7-18(15-19)16-21(27)25-13-14-29-23(17-25)11-4-5-12-26(22(23)28)20-9-2-1-3-10-20/h1-3,6-10,15H,4-5,11-14,16-17H2. The zero-order chi connectivity index (χ0) is 20.3. The number of carbonyl (C=O) groups is 2. The van der Waals surface area contributed by atoms with Gasteiger partial charge in [0.05, 0.1) is 19.6 Å². The Morgan fingerprint density at radius 2 is 1.90 bits per heavy atom. The third kappa shape index (κ3) is 4.17. The van der Waals surface area contributed by atoms with E-state index in [1.54, 1.807) is 21.9 Å². The van der Waals surface area contributed by atoms with Crippen molar-refractivity contribution in [1.82, 2.24) is 4.90 Å². The van der Waals surface area contributed by atoms with E-state index in [4.69, 9.17) is 4.74 Å². The van der Waals surface area contributed by atoms with Crippen molar-refractivity contribution in [2.24, 2.45) is 0 Å². The summed E-state index contributed by atoms with van der Waals surface area (Å²) in [5.74, 6) is -0.544. The lowest BCUT2D eigenvalue weighted by atomic mass is 9.93. The molecule has 1 unspecified atom stereocenters. The van der Waals surface area contributed by atoms with Crippen molar-refractivity contribution in [2.75, 3.05) is 31.1 Å². The van der Waals surface area contributed by atoms with Gasteiger partial charge in [-0.1, -0.05) is 30.3 Å². The normalized spacial score (nSPS) is 22.6. The Morgan fingerprint density at radius 1 is 1.07 bits per heavy atom. The third-order valence-corrected chi connectivity index (χ3v) is 5.70. The first-order valence-electron chi connectivity index (χ1n) is 10.1. The van der Waals surface area contributed by atoms with Crippen LogP contribution in [0.1, 0.15) is 24.8 Å². The second-order valence-corrected chi connectivity index (χ2v) is 7.71. The number of amides is 2. The molecule has 0 aliphatic carbocycles. The zero-order valence-electron chi connectivity index (χ0n) is 16.4. The molecule has 2 aliphatic rings. The van der Waals surface area contributed by atoms with Crippen LogP contribution in [0.25, 0.3) is 0 Å². The summed E-state index contributed by atoms with van der Waals surface area (Å²) in [7, 11) is 0. The fraction of sp³-hybridized carbons (Fsp3) is 0.391. The van der Waals surface area contributed by atoms with Gasteiger partial charge in [-0.25, -0.2) is 4.39 Å². The van der Waals surface area contributed by atoms with E-state index in [9.17, 15) is 14.0 Å². The molecular formula is C23H25FN2O3. The fourth-order valence-corrected chi connectivity index (χ4v) is 4.20. The average molecular weight is 396 g/mol. The number of hydrogen-bond donors (Lipinski definition) is 0. The minimum Gasteiger partial charge on any atom is -0.361 e. The van der Waals surface area contributed by atoms with Crippen LogP contribution in [-0.2, 0) is 20.7 Å². The van der Waals surface area contributed by atoms with Gasteiger partial charge in [0.15, 0.2) is 5.60 Å². The molecule has 6 heteroatoms. The van der Waals surface area contributed by atoms with E-state index in [2.05, 4.69) is 0 Å². The Kier molecular flexibility index (Phi) is 5.62. The van der Waals surface area contributed by atoms with Crippen molar-refractivity contribution in [1.29, 1.82) is 0 Å². The lowest BCUT2D eigenvalue weighted by Gasteiger charge is -2.42. The molecular weight excluding hydrogens is 371 g/mol. The quantitative estimate of drug-likeness (QED) is 0.801. The van der Waals surface area contributed by atoms with Crippen LogP contribution in [0.3, 0.4) is 0 Å². The molecule has 2 aromatic carbocycles. The van der Waals surface area contributed by atoms with Gasteiger partial charge in [-0.2, -0.15) is 0 Å². The Bertz CT molecular complexity index is 889. The molecule has 2 fully saturated rings. The van der Waals surface area contributed by atoms with Gasteiger partial charge in [-0.15, -0.1) is 0 Å². The molecule has 2 aliphatic heterocycles. The number of benzene rings is 2. The maximum Gasteiger partial charge on any atom is 0.261 e. The van der Waals surface area contributed by atoms with Gasteiger partial charge >= 0.3 is 0 Å². The van der Waals surface area contributed by atoms with Crippen LogP contribution in [0, 0.1) is 5.82 Å². The van der Waals surface area contributed by atoms with Gasteiger partial charge in [0.1, 0.15) is 5.82 Å².